The standard InChI is InChI=1S/C6H13NO2/c1-3-5-9-7-6(8)4-2/h3,6-8H,1,4-5H2,2H3. The molecule has 0 saturated carbocycles. The molecule has 0 bridgehead atoms. The average Bonchev–Trinajstić information content (AvgIpc) is 1.89. The lowest BCUT2D eigenvalue weighted by Crippen LogP contribution is -2.27. The molecule has 0 amide bonds. The van der Waals surface area contributed by atoms with E-state index in [-0.39, 0.29) is 0 Å². The fourth-order valence-electron chi connectivity index (χ4n) is 0.287. The molecule has 0 rings (SSSR count). The molecule has 54 valence electrons. The molecular weight excluding hydrogens is 118 g/mol. The van der Waals surface area contributed by atoms with Gasteiger partial charge < -0.3 is 5.11 Å². The maximum atomic E-state index is 8.81. The van der Waals surface area contributed by atoms with Crippen molar-refractivity contribution in [1.29, 1.82) is 0 Å². The molecule has 0 aliphatic heterocycles. The van der Waals surface area contributed by atoms with Gasteiger partial charge in [0.25, 0.3) is 0 Å². The Morgan fingerprint density at radius 3 is 3.00 bits per heavy atom. The van der Waals surface area contributed by atoms with E-state index in [2.05, 4.69) is 12.1 Å². The van der Waals surface area contributed by atoms with Crippen molar-refractivity contribution < 1.29 is 9.94 Å². The van der Waals surface area contributed by atoms with Gasteiger partial charge in [-0.25, -0.2) is 0 Å². The third kappa shape index (κ3) is 5.49. The molecule has 0 spiro atoms. The minimum absolute atomic E-state index is 0.414. The molecule has 0 aromatic heterocycles. The van der Waals surface area contributed by atoms with Crippen LogP contribution in [0.2, 0.25) is 0 Å². The van der Waals surface area contributed by atoms with E-state index in [1.54, 1.807) is 6.08 Å². The molecule has 0 saturated heterocycles. The summed E-state index contributed by atoms with van der Waals surface area (Å²) in [5, 5.41) is 8.81. The van der Waals surface area contributed by atoms with Crippen LogP contribution in [0, 0.1) is 0 Å². The highest BCUT2D eigenvalue weighted by atomic mass is 16.7. The van der Waals surface area contributed by atoms with Crippen LogP contribution in [-0.4, -0.2) is 17.9 Å². The lowest BCUT2D eigenvalue weighted by molar-refractivity contribution is -0.0465. The minimum atomic E-state index is -0.565. The Morgan fingerprint density at radius 2 is 2.56 bits per heavy atom. The van der Waals surface area contributed by atoms with Crippen LogP contribution in [0.5, 0.6) is 0 Å². The molecule has 0 aliphatic carbocycles. The zero-order valence-electron chi connectivity index (χ0n) is 5.63. The van der Waals surface area contributed by atoms with Crippen LogP contribution in [0.4, 0.5) is 0 Å². The minimum Gasteiger partial charge on any atom is -0.377 e. The lowest BCUT2D eigenvalue weighted by Gasteiger charge is -2.07. The Balaban J connectivity index is 2.96. The summed E-state index contributed by atoms with van der Waals surface area (Å²) in [6.45, 7) is 5.71. The third-order valence-electron chi connectivity index (χ3n) is 0.807. The van der Waals surface area contributed by atoms with E-state index < -0.39 is 6.23 Å². The van der Waals surface area contributed by atoms with Crippen molar-refractivity contribution in [2.75, 3.05) is 6.61 Å². The molecule has 3 heteroatoms. The normalized spacial score (nSPS) is 13.1. The van der Waals surface area contributed by atoms with Crippen LogP contribution in [0.1, 0.15) is 13.3 Å². The van der Waals surface area contributed by atoms with Gasteiger partial charge in [-0.2, -0.15) is 5.48 Å². The van der Waals surface area contributed by atoms with Crippen LogP contribution in [-0.2, 0) is 4.84 Å². The fourth-order valence-corrected chi connectivity index (χ4v) is 0.287. The fraction of sp³-hybridized carbons (Fsp3) is 0.667. The first kappa shape index (κ1) is 8.62. The van der Waals surface area contributed by atoms with Crippen LogP contribution in [0.15, 0.2) is 12.7 Å². The van der Waals surface area contributed by atoms with Crippen LogP contribution in [0.3, 0.4) is 0 Å². The summed E-state index contributed by atoms with van der Waals surface area (Å²) < 4.78 is 0. The highest BCUT2D eigenvalue weighted by Crippen LogP contribution is 1.82. The van der Waals surface area contributed by atoms with Crippen LogP contribution >= 0.6 is 0 Å². The summed E-state index contributed by atoms with van der Waals surface area (Å²) in [7, 11) is 0. The summed E-state index contributed by atoms with van der Waals surface area (Å²) in [6.07, 6.45) is 1.68. The molecule has 0 fully saturated rings. The molecule has 0 heterocycles. The van der Waals surface area contributed by atoms with Crippen molar-refractivity contribution in [3.05, 3.63) is 12.7 Å². The lowest BCUT2D eigenvalue weighted by atomic mass is 10.4. The van der Waals surface area contributed by atoms with E-state index in [4.69, 9.17) is 9.94 Å². The van der Waals surface area contributed by atoms with E-state index in [0.717, 1.165) is 0 Å². The topological polar surface area (TPSA) is 41.5 Å². The second kappa shape index (κ2) is 5.75. The van der Waals surface area contributed by atoms with Crippen LogP contribution in [0.25, 0.3) is 0 Å². The molecule has 0 aromatic rings. The zero-order chi connectivity index (χ0) is 7.11. The Labute approximate surface area is 55.3 Å². The number of hydrogen-bond acceptors (Lipinski definition) is 3. The van der Waals surface area contributed by atoms with Gasteiger partial charge in [0.05, 0.1) is 6.61 Å². The first-order valence-electron chi connectivity index (χ1n) is 2.97. The predicted molar refractivity (Wildman–Crippen MR) is 35.6 cm³/mol. The number of aliphatic hydroxyl groups excluding tert-OH is 1. The smallest absolute Gasteiger partial charge is 0.126 e. The molecular formula is C6H13NO2. The van der Waals surface area contributed by atoms with Gasteiger partial charge in [-0.1, -0.05) is 13.0 Å². The third-order valence-corrected chi connectivity index (χ3v) is 0.807. The molecule has 3 nitrogen and oxygen atoms in total. The van der Waals surface area contributed by atoms with Gasteiger partial charge in [-0.05, 0) is 6.42 Å². The van der Waals surface area contributed by atoms with Crippen molar-refractivity contribution in [1.82, 2.24) is 5.48 Å². The molecule has 0 aliphatic rings. The van der Waals surface area contributed by atoms with Crippen LogP contribution < -0.4 is 5.48 Å². The maximum Gasteiger partial charge on any atom is 0.126 e. The molecule has 2 N–H and O–H groups in total. The van der Waals surface area contributed by atoms with Crippen molar-refractivity contribution in [3.8, 4) is 0 Å². The Morgan fingerprint density at radius 1 is 1.89 bits per heavy atom. The average molecular weight is 131 g/mol. The predicted octanol–water partition coefficient (Wildman–Crippen LogP) is 0.422. The molecule has 0 radical (unpaired) electrons. The largest absolute Gasteiger partial charge is 0.377 e. The SMILES string of the molecule is C=CCONC(O)CC. The first-order chi connectivity index (χ1) is 4.31. The number of rotatable bonds is 5. The van der Waals surface area contributed by atoms with Gasteiger partial charge in [0.15, 0.2) is 0 Å². The molecule has 9 heavy (non-hydrogen) atoms. The van der Waals surface area contributed by atoms with Gasteiger partial charge in [0.1, 0.15) is 6.23 Å². The Hall–Kier alpha value is -0.380. The maximum absolute atomic E-state index is 8.81. The van der Waals surface area contributed by atoms with E-state index in [0.29, 0.717) is 13.0 Å². The van der Waals surface area contributed by atoms with Gasteiger partial charge >= 0.3 is 0 Å². The van der Waals surface area contributed by atoms with E-state index in [1.165, 1.54) is 0 Å². The molecule has 1 atom stereocenters. The highest BCUT2D eigenvalue weighted by molar-refractivity contribution is 4.62. The van der Waals surface area contributed by atoms with E-state index in [1.807, 2.05) is 6.92 Å². The van der Waals surface area contributed by atoms with Gasteiger partial charge in [-0.3, -0.25) is 4.84 Å². The highest BCUT2D eigenvalue weighted by Gasteiger charge is 1.95. The van der Waals surface area contributed by atoms with Crippen molar-refractivity contribution in [2.24, 2.45) is 0 Å². The van der Waals surface area contributed by atoms with Gasteiger partial charge in [0, 0.05) is 0 Å². The van der Waals surface area contributed by atoms with Crippen molar-refractivity contribution in [3.63, 3.8) is 0 Å². The van der Waals surface area contributed by atoms with Crippen molar-refractivity contribution >= 4 is 0 Å². The molecule has 0 aromatic carbocycles. The Kier molecular flexibility index (Phi) is 5.51. The number of hydrogen-bond donors (Lipinski definition) is 2. The summed E-state index contributed by atoms with van der Waals surface area (Å²) in [5.74, 6) is 0. The number of aliphatic hydroxyl groups is 1. The second-order valence-electron chi connectivity index (χ2n) is 1.64. The second-order valence-corrected chi connectivity index (χ2v) is 1.64. The summed E-state index contributed by atoms with van der Waals surface area (Å²) in [5.41, 5.74) is 2.42. The van der Waals surface area contributed by atoms with E-state index >= 15 is 0 Å². The zero-order valence-corrected chi connectivity index (χ0v) is 5.63. The summed E-state index contributed by atoms with van der Waals surface area (Å²) >= 11 is 0. The van der Waals surface area contributed by atoms with Gasteiger partial charge in [-0.15, -0.1) is 6.58 Å². The summed E-state index contributed by atoms with van der Waals surface area (Å²) in [4.78, 5) is 4.72. The molecule has 1 unspecified atom stereocenters. The quantitative estimate of drug-likeness (QED) is 0.246. The monoisotopic (exact) mass is 131 g/mol. The van der Waals surface area contributed by atoms with Crippen molar-refractivity contribution in [2.45, 2.75) is 19.6 Å². The van der Waals surface area contributed by atoms with Gasteiger partial charge in [0.2, 0.25) is 0 Å². The first-order valence-corrected chi connectivity index (χ1v) is 2.97. The van der Waals surface area contributed by atoms with E-state index in [9.17, 15) is 0 Å². The Bertz CT molecular complexity index is 75.5. The number of nitrogens with one attached hydrogen (secondary N) is 1. The summed E-state index contributed by atoms with van der Waals surface area (Å²) in [6, 6.07) is 0. The number of hydroxylamine groups is 1.